The fraction of sp³-hybridized carbons (Fsp3) is 0.300. The van der Waals surface area contributed by atoms with Crippen LogP contribution in [0, 0.1) is 10.1 Å². The Morgan fingerprint density at radius 1 is 1.09 bits per heavy atom. The van der Waals surface area contributed by atoms with E-state index in [1.54, 1.807) is 5.43 Å². The van der Waals surface area contributed by atoms with Crippen molar-refractivity contribution in [1.29, 1.82) is 0 Å². The van der Waals surface area contributed by atoms with E-state index in [0.29, 0.717) is 0 Å². The lowest BCUT2D eigenvalue weighted by atomic mass is 10.1. The number of anilines is 1. The van der Waals surface area contributed by atoms with Gasteiger partial charge in [0.2, 0.25) is 0 Å². The third-order valence-electron chi connectivity index (χ3n) is 2.46. The number of nitro groups is 1. The molecule has 3 N–H and O–H groups in total. The molecule has 1 aromatic carbocycles. The number of benzene rings is 1. The van der Waals surface area contributed by atoms with Crippen LogP contribution in [0.2, 0.25) is 0 Å². The third kappa shape index (κ3) is 3.60. The molecule has 1 rings (SSSR count). The molecule has 0 heterocycles. The zero-order chi connectivity index (χ0) is 18.1. The summed E-state index contributed by atoms with van der Waals surface area (Å²) in [5, 5.41) is 12.9. The van der Waals surface area contributed by atoms with Crippen molar-refractivity contribution >= 4 is 17.2 Å². The predicted molar refractivity (Wildman–Crippen MR) is 64.3 cm³/mol. The zero-order valence-electron chi connectivity index (χ0n) is 10.7. The summed E-state index contributed by atoms with van der Waals surface area (Å²) in [6.45, 7) is 0. The van der Waals surface area contributed by atoms with E-state index < -0.39 is 28.8 Å². The predicted octanol–water partition coefficient (Wildman–Crippen LogP) is 3.11. The lowest BCUT2D eigenvalue weighted by Crippen LogP contribution is -2.58. The summed E-state index contributed by atoms with van der Waals surface area (Å²) in [6, 6.07) is 3.73. The van der Waals surface area contributed by atoms with Crippen LogP contribution in [-0.4, -0.2) is 28.8 Å². The number of hydrogen-bond donors (Lipinski definition) is 2. The Kier molecular flexibility index (Phi) is 4.72. The van der Waals surface area contributed by atoms with Gasteiger partial charge < -0.3 is 5.73 Å². The van der Waals surface area contributed by atoms with Crippen molar-refractivity contribution < 1.29 is 35.7 Å². The first-order chi connectivity index (χ1) is 10.3. The molecule has 0 aliphatic rings. The minimum Gasteiger partial charge on any atom is -0.380 e. The Bertz CT molecular complexity index is 613. The van der Waals surface area contributed by atoms with E-state index in [0.717, 1.165) is 24.3 Å². The molecule has 0 aliphatic heterocycles. The molecule has 0 aromatic heterocycles. The van der Waals surface area contributed by atoms with E-state index in [9.17, 15) is 40.8 Å². The number of nitro benzene ring substituents is 1. The summed E-state index contributed by atoms with van der Waals surface area (Å²) >= 11 is 0. The van der Waals surface area contributed by atoms with Gasteiger partial charge in [-0.05, 0) is 12.1 Å². The second kappa shape index (κ2) is 5.89. The second-order valence-electron chi connectivity index (χ2n) is 4.06. The van der Waals surface area contributed by atoms with Crippen molar-refractivity contribution in [2.75, 3.05) is 5.43 Å². The van der Waals surface area contributed by atoms with Gasteiger partial charge in [-0.25, -0.2) is 0 Å². The smallest absolute Gasteiger partial charge is 0.380 e. The number of nitrogens with two attached hydrogens (primary N) is 1. The van der Waals surface area contributed by atoms with Crippen LogP contribution in [-0.2, 0) is 0 Å². The summed E-state index contributed by atoms with van der Waals surface area (Å²) < 4.78 is 87.4. The normalized spacial score (nSPS) is 13.8. The molecule has 0 aliphatic carbocycles. The molecule has 128 valence electrons. The largest absolute Gasteiger partial charge is 0.460 e. The Balaban J connectivity index is 2.97. The van der Waals surface area contributed by atoms with Crippen molar-refractivity contribution in [3.63, 3.8) is 0 Å². The molecule has 0 unspecified atom stereocenters. The van der Waals surface area contributed by atoms with Gasteiger partial charge in [-0.3, -0.25) is 15.5 Å². The summed E-state index contributed by atoms with van der Waals surface area (Å²) in [5.41, 5.74) is 5.63. The number of non-ortho nitro benzene ring substituents is 1. The van der Waals surface area contributed by atoms with Crippen molar-refractivity contribution in [3.8, 4) is 0 Å². The number of hydrogen-bond acceptors (Lipinski definition) is 4. The molecule has 0 saturated heterocycles. The van der Waals surface area contributed by atoms with Gasteiger partial charge >= 0.3 is 18.0 Å². The molecule has 0 radical (unpaired) electrons. The molecule has 0 amide bonds. The maximum atomic E-state index is 13.1. The van der Waals surface area contributed by atoms with Gasteiger partial charge in [0.1, 0.15) is 0 Å². The van der Waals surface area contributed by atoms with E-state index in [1.807, 2.05) is 0 Å². The highest BCUT2D eigenvalue weighted by atomic mass is 19.4. The highest BCUT2D eigenvalue weighted by molar-refractivity contribution is 5.89. The summed E-state index contributed by atoms with van der Waals surface area (Å²) in [7, 11) is 0. The molecule has 0 fully saturated rings. The van der Waals surface area contributed by atoms with Crippen molar-refractivity contribution in [3.05, 3.63) is 34.4 Å². The SMILES string of the molecule is N/C(=N\Nc1ccc([N+](=O)[O-])cc1)C(F)(F)C(F)(F)C(F)(F)F. The minimum absolute atomic E-state index is 0.204. The molecule has 1 aromatic rings. The lowest BCUT2D eigenvalue weighted by Gasteiger charge is -2.27. The van der Waals surface area contributed by atoms with Crippen molar-refractivity contribution in [1.82, 2.24) is 0 Å². The molecule has 6 nitrogen and oxygen atoms in total. The van der Waals surface area contributed by atoms with Gasteiger partial charge in [0.25, 0.3) is 5.69 Å². The van der Waals surface area contributed by atoms with Gasteiger partial charge in [0, 0.05) is 12.1 Å². The standard InChI is InChI=1S/C10H7F7N4O2/c11-8(12,9(13,14)10(15,16)17)7(18)20-19-5-1-3-6(4-2-5)21(22)23/h1-4,19H,(H2,18,20). The number of amidine groups is 1. The molecule has 0 saturated carbocycles. The van der Waals surface area contributed by atoms with Gasteiger partial charge in [-0.2, -0.15) is 35.8 Å². The Morgan fingerprint density at radius 2 is 1.57 bits per heavy atom. The van der Waals surface area contributed by atoms with Crippen LogP contribution < -0.4 is 11.2 Å². The molecular formula is C10H7F7N4O2. The Morgan fingerprint density at radius 3 is 1.96 bits per heavy atom. The molecule has 0 atom stereocenters. The van der Waals surface area contributed by atoms with Crippen LogP contribution >= 0.6 is 0 Å². The van der Waals surface area contributed by atoms with Crippen LogP contribution in [0.4, 0.5) is 42.1 Å². The van der Waals surface area contributed by atoms with E-state index in [-0.39, 0.29) is 11.4 Å². The Labute approximate surface area is 122 Å². The number of nitrogens with zero attached hydrogens (tertiary/aromatic N) is 2. The monoisotopic (exact) mass is 348 g/mol. The minimum atomic E-state index is -6.54. The number of alkyl halides is 7. The number of nitrogens with one attached hydrogen (secondary N) is 1. The van der Waals surface area contributed by atoms with E-state index in [4.69, 9.17) is 0 Å². The van der Waals surface area contributed by atoms with Crippen LogP contribution in [0.25, 0.3) is 0 Å². The van der Waals surface area contributed by atoms with Gasteiger partial charge in [-0.1, -0.05) is 0 Å². The molecular weight excluding hydrogens is 341 g/mol. The maximum absolute atomic E-state index is 13.1. The van der Waals surface area contributed by atoms with Crippen LogP contribution in [0.15, 0.2) is 29.4 Å². The van der Waals surface area contributed by atoms with Crippen molar-refractivity contribution in [2.45, 2.75) is 18.0 Å². The topological polar surface area (TPSA) is 93.5 Å². The fourth-order valence-electron chi connectivity index (χ4n) is 1.19. The number of halogens is 7. The summed E-state index contributed by atoms with van der Waals surface area (Å²) in [5.74, 6) is -14.5. The fourth-order valence-corrected chi connectivity index (χ4v) is 1.19. The van der Waals surface area contributed by atoms with E-state index >= 15 is 0 Å². The summed E-state index contributed by atoms with van der Waals surface area (Å²) in [4.78, 5) is 9.58. The van der Waals surface area contributed by atoms with Crippen LogP contribution in [0.3, 0.4) is 0 Å². The molecule has 13 heteroatoms. The number of rotatable bonds is 5. The first-order valence-corrected chi connectivity index (χ1v) is 5.47. The first-order valence-electron chi connectivity index (χ1n) is 5.47. The molecule has 0 bridgehead atoms. The Hall–Kier alpha value is -2.60. The lowest BCUT2D eigenvalue weighted by molar-refractivity contribution is -0.384. The van der Waals surface area contributed by atoms with E-state index in [1.165, 1.54) is 0 Å². The first kappa shape index (κ1) is 18.4. The van der Waals surface area contributed by atoms with Gasteiger partial charge in [0.15, 0.2) is 5.84 Å². The highest BCUT2D eigenvalue weighted by Crippen LogP contribution is 2.46. The number of hydrazone groups is 1. The summed E-state index contributed by atoms with van der Waals surface area (Å²) in [6.07, 6.45) is -6.54. The average molecular weight is 348 g/mol. The maximum Gasteiger partial charge on any atom is 0.460 e. The van der Waals surface area contributed by atoms with Crippen LogP contribution in [0.1, 0.15) is 0 Å². The second-order valence-corrected chi connectivity index (χ2v) is 4.06. The third-order valence-corrected chi connectivity index (χ3v) is 2.46. The highest BCUT2D eigenvalue weighted by Gasteiger charge is 2.75. The molecule has 23 heavy (non-hydrogen) atoms. The quantitative estimate of drug-likeness (QED) is 0.281. The average Bonchev–Trinajstić information content (AvgIpc) is 2.43. The van der Waals surface area contributed by atoms with Gasteiger partial charge in [0.05, 0.1) is 10.6 Å². The van der Waals surface area contributed by atoms with E-state index in [2.05, 4.69) is 10.8 Å². The molecule has 0 spiro atoms. The van der Waals surface area contributed by atoms with Gasteiger partial charge in [-0.15, -0.1) is 0 Å². The van der Waals surface area contributed by atoms with Crippen molar-refractivity contribution in [2.24, 2.45) is 10.8 Å². The van der Waals surface area contributed by atoms with Crippen LogP contribution in [0.5, 0.6) is 0 Å². The zero-order valence-corrected chi connectivity index (χ0v) is 10.7.